The first-order valence-corrected chi connectivity index (χ1v) is 10.9. The lowest BCUT2D eigenvalue weighted by molar-refractivity contribution is -0.683. The number of nitrogens with zero attached hydrogens (tertiary/aromatic N) is 1. The molecule has 2 rings (SSSR count). The normalized spacial score (nSPS) is 10.5. The molecule has 1 heterocycles. The van der Waals surface area contributed by atoms with Gasteiger partial charge in [0.25, 0.3) is 0 Å². The Bertz CT molecular complexity index is 639. The van der Waals surface area contributed by atoms with E-state index in [2.05, 4.69) is 19.1 Å². The zero-order valence-corrected chi connectivity index (χ0v) is 19.6. The first kappa shape index (κ1) is 24.8. The molecule has 1 aromatic heterocycles. The summed E-state index contributed by atoms with van der Waals surface area (Å²) in [6.45, 7) is 2.67. The number of hydrogen-bond donors (Lipinski definition) is 0. The van der Waals surface area contributed by atoms with Gasteiger partial charge in [0.05, 0.1) is 0 Å². The Morgan fingerprint density at radius 2 is 1.29 bits per heavy atom. The molecule has 0 amide bonds. The number of aromatic nitrogens is 1. The number of ketones is 1. The van der Waals surface area contributed by atoms with Crippen LogP contribution in [0.2, 0.25) is 0 Å². The lowest BCUT2D eigenvalue weighted by Gasteiger charge is -2.04. The number of aryl methyl sites for hydroxylation is 1. The van der Waals surface area contributed by atoms with Gasteiger partial charge in [-0.3, -0.25) is 4.79 Å². The Morgan fingerprint density at radius 3 is 1.86 bits per heavy atom. The SMILES string of the molecule is CCCCCCCCCCCCc1ccc(C(=O)C[n+]2ccccc2)cc1.[I-]. The van der Waals surface area contributed by atoms with Gasteiger partial charge < -0.3 is 24.0 Å². The van der Waals surface area contributed by atoms with Crippen LogP contribution in [-0.2, 0) is 13.0 Å². The molecule has 0 aliphatic carbocycles. The Morgan fingerprint density at radius 1 is 0.750 bits per heavy atom. The van der Waals surface area contributed by atoms with Crippen LogP contribution < -0.4 is 28.5 Å². The van der Waals surface area contributed by atoms with Crippen molar-refractivity contribution < 1.29 is 33.3 Å². The van der Waals surface area contributed by atoms with E-state index in [4.69, 9.17) is 0 Å². The minimum atomic E-state index is 0. The second kappa shape index (κ2) is 15.7. The van der Waals surface area contributed by atoms with Crippen molar-refractivity contribution >= 4 is 5.78 Å². The van der Waals surface area contributed by atoms with Crippen molar-refractivity contribution in [1.29, 1.82) is 0 Å². The summed E-state index contributed by atoms with van der Waals surface area (Å²) in [5.41, 5.74) is 2.15. The van der Waals surface area contributed by atoms with E-state index < -0.39 is 0 Å². The fourth-order valence-corrected chi connectivity index (χ4v) is 3.47. The van der Waals surface area contributed by atoms with E-state index in [0.717, 1.165) is 12.0 Å². The van der Waals surface area contributed by atoms with Gasteiger partial charge in [-0.2, -0.15) is 4.57 Å². The van der Waals surface area contributed by atoms with Crippen LogP contribution in [0, 0.1) is 0 Å². The average Bonchev–Trinajstić information content (AvgIpc) is 2.70. The van der Waals surface area contributed by atoms with Crippen LogP contribution in [0.5, 0.6) is 0 Å². The zero-order chi connectivity index (χ0) is 19.2. The van der Waals surface area contributed by atoms with Crippen molar-refractivity contribution in [3.63, 3.8) is 0 Å². The Labute approximate surface area is 188 Å². The minimum absolute atomic E-state index is 0. The number of halogens is 1. The smallest absolute Gasteiger partial charge is 0.227 e. The van der Waals surface area contributed by atoms with Gasteiger partial charge in [0.15, 0.2) is 12.4 Å². The molecule has 3 heteroatoms. The summed E-state index contributed by atoms with van der Waals surface area (Å²) in [6, 6.07) is 14.1. The first-order chi connectivity index (χ1) is 13.3. The molecule has 0 atom stereocenters. The molecule has 0 N–H and O–H groups in total. The lowest BCUT2D eigenvalue weighted by Crippen LogP contribution is -3.00. The summed E-state index contributed by atoms with van der Waals surface area (Å²) in [5.74, 6) is 0.164. The molecule has 154 valence electrons. The van der Waals surface area contributed by atoms with Gasteiger partial charge in [-0.15, -0.1) is 0 Å². The van der Waals surface area contributed by atoms with Crippen LogP contribution in [0.3, 0.4) is 0 Å². The highest BCUT2D eigenvalue weighted by Crippen LogP contribution is 2.13. The summed E-state index contributed by atoms with van der Waals surface area (Å²) in [6.07, 6.45) is 18.7. The highest BCUT2D eigenvalue weighted by atomic mass is 127. The molecule has 2 aromatic rings. The minimum Gasteiger partial charge on any atom is -1.00 e. The van der Waals surface area contributed by atoms with Crippen LogP contribution >= 0.6 is 0 Å². The molecule has 0 aliphatic heterocycles. The first-order valence-electron chi connectivity index (χ1n) is 10.9. The van der Waals surface area contributed by atoms with E-state index in [-0.39, 0.29) is 29.8 Å². The standard InChI is InChI=1S/C25H36NO.HI/c1-2-3-4-5-6-7-8-9-10-12-15-23-16-18-24(19-17-23)25(27)22-26-20-13-11-14-21-26;/h11,13-14,16-21H,2-10,12,15,22H2,1H3;1H/q+1;/p-1. The maximum Gasteiger partial charge on any atom is 0.227 e. The molecule has 1 aromatic carbocycles. The lowest BCUT2D eigenvalue weighted by atomic mass is 10.0. The number of Topliss-reactive ketones (excluding diaryl/α,β-unsaturated/α-hetero) is 1. The summed E-state index contributed by atoms with van der Waals surface area (Å²) >= 11 is 0. The molecular weight excluding hydrogens is 457 g/mol. The second-order valence-corrected chi connectivity index (χ2v) is 7.60. The quantitative estimate of drug-likeness (QED) is 0.171. The predicted octanol–water partition coefficient (Wildman–Crippen LogP) is 3.32. The number of rotatable bonds is 14. The second-order valence-electron chi connectivity index (χ2n) is 7.60. The number of carbonyl (C=O) groups excluding carboxylic acids is 1. The molecule has 0 saturated carbocycles. The third kappa shape index (κ3) is 10.4. The topological polar surface area (TPSA) is 20.9 Å². The third-order valence-corrected chi connectivity index (χ3v) is 5.20. The van der Waals surface area contributed by atoms with Gasteiger partial charge >= 0.3 is 0 Å². The van der Waals surface area contributed by atoms with E-state index in [1.807, 2.05) is 47.3 Å². The maximum absolute atomic E-state index is 12.3. The molecule has 0 saturated heterocycles. The highest BCUT2D eigenvalue weighted by molar-refractivity contribution is 5.95. The summed E-state index contributed by atoms with van der Waals surface area (Å²) in [4.78, 5) is 12.3. The van der Waals surface area contributed by atoms with E-state index in [1.165, 1.54) is 69.8 Å². The fraction of sp³-hybridized carbons (Fsp3) is 0.520. The van der Waals surface area contributed by atoms with Gasteiger partial charge in [-0.25, -0.2) is 0 Å². The molecule has 28 heavy (non-hydrogen) atoms. The van der Waals surface area contributed by atoms with E-state index >= 15 is 0 Å². The van der Waals surface area contributed by atoms with Crippen LogP contribution in [0.1, 0.15) is 87.1 Å². The van der Waals surface area contributed by atoms with Crippen molar-refractivity contribution in [3.8, 4) is 0 Å². The van der Waals surface area contributed by atoms with Crippen LogP contribution in [0.25, 0.3) is 0 Å². The number of benzene rings is 1. The molecule has 0 unspecified atom stereocenters. The Kier molecular flexibility index (Phi) is 13.9. The van der Waals surface area contributed by atoms with Gasteiger partial charge in [0.2, 0.25) is 12.3 Å². The number of unbranched alkanes of at least 4 members (excludes halogenated alkanes) is 9. The summed E-state index contributed by atoms with van der Waals surface area (Å²) in [5, 5.41) is 0. The van der Waals surface area contributed by atoms with E-state index in [9.17, 15) is 4.79 Å². The molecule has 0 fully saturated rings. The average molecular weight is 493 g/mol. The van der Waals surface area contributed by atoms with Crippen molar-refractivity contribution in [3.05, 3.63) is 66.0 Å². The molecule has 0 bridgehead atoms. The van der Waals surface area contributed by atoms with Crippen molar-refractivity contribution in [1.82, 2.24) is 0 Å². The third-order valence-electron chi connectivity index (χ3n) is 5.20. The highest BCUT2D eigenvalue weighted by Gasteiger charge is 2.11. The van der Waals surface area contributed by atoms with E-state index in [1.54, 1.807) is 0 Å². The molecule has 0 radical (unpaired) electrons. The van der Waals surface area contributed by atoms with Crippen molar-refractivity contribution in [2.24, 2.45) is 0 Å². The molecule has 0 spiro atoms. The maximum atomic E-state index is 12.3. The van der Waals surface area contributed by atoms with Gasteiger partial charge in [-0.05, 0) is 18.4 Å². The van der Waals surface area contributed by atoms with Crippen molar-refractivity contribution in [2.45, 2.75) is 84.1 Å². The van der Waals surface area contributed by atoms with Crippen LogP contribution in [-0.4, -0.2) is 5.78 Å². The van der Waals surface area contributed by atoms with Crippen LogP contribution in [0.4, 0.5) is 0 Å². The van der Waals surface area contributed by atoms with E-state index in [0.29, 0.717) is 6.54 Å². The van der Waals surface area contributed by atoms with Gasteiger partial charge in [0.1, 0.15) is 0 Å². The van der Waals surface area contributed by atoms with Gasteiger partial charge in [0, 0.05) is 17.7 Å². The Hall–Kier alpha value is -1.23. The number of carbonyl (C=O) groups is 1. The molecular formula is C25H36INO. The monoisotopic (exact) mass is 493 g/mol. The summed E-state index contributed by atoms with van der Waals surface area (Å²) in [7, 11) is 0. The fourth-order valence-electron chi connectivity index (χ4n) is 3.47. The Balaban J connectivity index is 0.00000392. The molecule has 2 nitrogen and oxygen atoms in total. The number of pyridine rings is 1. The van der Waals surface area contributed by atoms with Gasteiger partial charge in [-0.1, -0.05) is 95.0 Å². The zero-order valence-electron chi connectivity index (χ0n) is 17.4. The van der Waals surface area contributed by atoms with Crippen molar-refractivity contribution in [2.75, 3.05) is 0 Å². The summed E-state index contributed by atoms with van der Waals surface area (Å²) < 4.78 is 1.92. The van der Waals surface area contributed by atoms with Crippen LogP contribution in [0.15, 0.2) is 54.9 Å². The molecule has 0 aliphatic rings. The number of hydrogen-bond acceptors (Lipinski definition) is 1. The predicted molar refractivity (Wildman–Crippen MR) is 113 cm³/mol. The largest absolute Gasteiger partial charge is 1.00 e.